The molecule has 11 heteroatoms. The SMILES string of the molecule is Nc1cc(S(=O)(=O)N(C(=O)C=Cc2cccc([N+](=O)[O-])c2)c2cccc(Cl)c2)ccc1Cl. The number of carbonyl (C=O) groups is 1. The van der Waals surface area contributed by atoms with Crippen LogP contribution >= 0.6 is 23.2 Å². The van der Waals surface area contributed by atoms with Crippen molar-refractivity contribution < 1.29 is 18.1 Å². The number of carbonyl (C=O) groups excluding carboxylic acids is 1. The van der Waals surface area contributed by atoms with Crippen molar-refractivity contribution in [2.45, 2.75) is 4.90 Å². The maximum atomic E-state index is 13.3. The molecule has 32 heavy (non-hydrogen) atoms. The van der Waals surface area contributed by atoms with E-state index >= 15 is 0 Å². The van der Waals surface area contributed by atoms with Crippen molar-refractivity contribution in [1.29, 1.82) is 0 Å². The van der Waals surface area contributed by atoms with Crippen LogP contribution in [0, 0.1) is 10.1 Å². The quantitative estimate of drug-likeness (QED) is 0.226. The van der Waals surface area contributed by atoms with E-state index in [0.717, 1.165) is 12.1 Å². The summed E-state index contributed by atoms with van der Waals surface area (Å²) < 4.78 is 27.3. The van der Waals surface area contributed by atoms with Crippen LogP contribution in [0.5, 0.6) is 0 Å². The van der Waals surface area contributed by atoms with Gasteiger partial charge in [-0.2, -0.15) is 4.31 Å². The lowest BCUT2D eigenvalue weighted by atomic mass is 10.2. The monoisotopic (exact) mass is 491 g/mol. The van der Waals surface area contributed by atoms with E-state index in [1.807, 2.05) is 0 Å². The molecule has 8 nitrogen and oxygen atoms in total. The third-order valence-corrected chi connectivity index (χ3v) is 6.55. The Morgan fingerprint density at radius 2 is 1.75 bits per heavy atom. The first kappa shape index (κ1) is 23.3. The zero-order valence-electron chi connectivity index (χ0n) is 16.2. The second-order valence-corrected chi connectivity index (χ2v) is 9.09. The second kappa shape index (κ2) is 9.39. The van der Waals surface area contributed by atoms with Gasteiger partial charge in [0.25, 0.3) is 21.6 Å². The molecule has 1 amide bonds. The lowest BCUT2D eigenvalue weighted by Gasteiger charge is -2.22. The molecule has 0 saturated heterocycles. The topological polar surface area (TPSA) is 124 Å². The van der Waals surface area contributed by atoms with Crippen LogP contribution in [0.15, 0.2) is 77.7 Å². The first-order valence-corrected chi connectivity index (χ1v) is 11.1. The first-order chi connectivity index (χ1) is 15.1. The van der Waals surface area contributed by atoms with E-state index in [9.17, 15) is 23.3 Å². The summed E-state index contributed by atoms with van der Waals surface area (Å²) in [6, 6.07) is 15.0. The summed E-state index contributed by atoms with van der Waals surface area (Å²) in [6.45, 7) is 0. The zero-order valence-corrected chi connectivity index (χ0v) is 18.5. The van der Waals surface area contributed by atoms with E-state index in [2.05, 4.69) is 0 Å². The molecular weight excluding hydrogens is 477 g/mol. The number of halogens is 2. The molecule has 0 fully saturated rings. The van der Waals surface area contributed by atoms with Crippen molar-refractivity contribution in [2.75, 3.05) is 10.0 Å². The van der Waals surface area contributed by atoms with Gasteiger partial charge in [-0.05, 0) is 48.0 Å². The molecule has 0 aliphatic carbocycles. The van der Waals surface area contributed by atoms with Crippen molar-refractivity contribution in [3.63, 3.8) is 0 Å². The molecule has 0 aromatic heterocycles. The average molecular weight is 492 g/mol. The number of non-ortho nitro benzene ring substituents is 1. The number of anilines is 2. The fraction of sp³-hybridized carbons (Fsp3) is 0. The van der Waals surface area contributed by atoms with Crippen LogP contribution in [0.1, 0.15) is 5.56 Å². The molecule has 0 radical (unpaired) electrons. The van der Waals surface area contributed by atoms with Crippen molar-refractivity contribution in [3.8, 4) is 0 Å². The molecule has 0 aliphatic heterocycles. The molecule has 0 saturated carbocycles. The number of benzene rings is 3. The van der Waals surface area contributed by atoms with Crippen LogP contribution in [0.3, 0.4) is 0 Å². The number of nitrogen functional groups attached to an aromatic ring is 1. The molecule has 164 valence electrons. The number of hydrogen-bond acceptors (Lipinski definition) is 6. The normalized spacial score (nSPS) is 11.4. The third kappa shape index (κ3) is 5.08. The van der Waals surface area contributed by atoms with Gasteiger partial charge in [0.15, 0.2) is 0 Å². The first-order valence-electron chi connectivity index (χ1n) is 8.92. The van der Waals surface area contributed by atoms with Crippen molar-refractivity contribution in [3.05, 3.63) is 98.5 Å². The van der Waals surface area contributed by atoms with Crippen molar-refractivity contribution in [2.24, 2.45) is 0 Å². The Kier molecular flexibility index (Phi) is 6.83. The lowest BCUT2D eigenvalue weighted by Crippen LogP contribution is -2.36. The number of nitro benzene ring substituents is 1. The molecular formula is C21H15Cl2N3O5S. The molecule has 3 aromatic carbocycles. The Hall–Kier alpha value is -3.40. The maximum Gasteiger partial charge on any atom is 0.271 e. The third-order valence-electron chi connectivity index (χ3n) is 4.25. The highest BCUT2D eigenvalue weighted by Gasteiger charge is 2.30. The zero-order chi connectivity index (χ0) is 23.5. The van der Waals surface area contributed by atoms with E-state index in [1.165, 1.54) is 66.7 Å². The van der Waals surface area contributed by atoms with Gasteiger partial charge >= 0.3 is 0 Å². The Morgan fingerprint density at radius 1 is 1.03 bits per heavy atom. The fourth-order valence-corrected chi connectivity index (χ4v) is 4.47. The standard InChI is InChI=1S/C21H15Cl2N3O5S/c22-15-4-2-5-16(12-15)25(32(30,31)18-8-9-19(23)20(24)13-18)21(27)10-7-14-3-1-6-17(11-14)26(28)29/h1-13H,24H2. The Morgan fingerprint density at radius 3 is 2.41 bits per heavy atom. The van der Waals surface area contributed by atoms with Gasteiger partial charge < -0.3 is 5.73 Å². The minimum absolute atomic E-state index is 0.000265. The molecule has 3 aromatic rings. The van der Waals surface area contributed by atoms with E-state index < -0.39 is 20.9 Å². The fourth-order valence-electron chi connectivity index (χ4n) is 2.75. The summed E-state index contributed by atoms with van der Waals surface area (Å²) in [5.41, 5.74) is 5.93. The van der Waals surface area contributed by atoms with Gasteiger partial charge in [0.05, 0.1) is 26.2 Å². The van der Waals surface area contributed by atoms with Gasteiger partial charge in [-0.15, -0.1) is 0 Å². The van der Waals surface area contributed by atoms with E-state index in [4.69, 9.17) is 28.9 Å². The molecule has 0 bridgehead atoms. The predicted octanol–water partition coefficient (Wildman–Crippen LogP) is 4.92. The van der Waals surface area contributed by atoms with Crippen LogP contribution in [-0.4, -0.2) is 19.2 Å². The number of sulfonamides is 1. The van der Waals surface area contributed by atoms with Crippen molar-refractivity contribution >= 4 is 62.3 Å². The number of nitro groups is 1. The molecule has 2 N–H and O–H groups in total. The molecule has 0 spiro atoms. The molecule has 0 unspecified atom stereocenters. The summed E-state index contributed by atoms with van der Waals surface area (Å²) in [7, 11) is -4.41. The highest BCUT2D eigenvalue weighted by atomic mass is 35.5. The number of nitrogens with zero attached hydrogens (tertiary/aromatic N) is 2. The van der Waals surface area contributed by atoms with Gasteiger partial charge in [-0.1, -0.05) is 41.4 Å². The Bertz CT molecular complexity index is 1340. The summed E-state index contributed by atoms with van der Waals surface area (Å²) in [6.07, 6.45) is 2.27. The smallest absolute Gasteiger partial charge is 0.271 e. The number of rotatable bonds is 6. The van der Waals surface area contributed by atoms with E-state index in [0.29, 0.717) is 9.87 Å². The summed E-state index contributed by atoms with van der Waals surface area (Å²) in [5.74, 6) is -0.924. The van der Waals surface area contributed by atoms with Gasteiger partial charge in [-0.3, -0.25) is 14.9 Å². The van der Waals surface area contributed by atoms with Gasteiger partial charge in [0.1, 0.15) is 0 Å². The van der Waals surface area contributed by atoms with Gasteiger partial charge in [-0.25, -0.2) is 8.42 Å². The molecule has 3 rings (SSSR count). The summed E-state index contributed by atoms with van der Waals surface area (Å²) in [4.78, 5) is 23.2. The number of amides is 1. The lowest BCUT2D eigenvalue weighted by molar-refractivity contribution is -0.384. The number of hydrogen-bond donors (Lipinski definition) is 1. The second-order valence-electron chi connectivity index (χ2n) is 6.46. The Balaban J connectivity index is 2.07. The molecule has 0 aliphatic rings. The summed E-state index contributed by atoms with van der Waals surface area (Å²) in [5, 5.41) is 11.3. The molecule has 0 heterocycles. The highest BCUT2D eigenvalue weighted by molar-refractivity contribution is 7.93. The maximum absolute atomic E-state index is 13.3. The van der Waals surface area contributed by atoms with Crippen LogP contribution in [-0.2, 0) is 14.8 Å². The van der Waals surface area contributed by atoms with E-state index in [-0.39, 0.29) is 32.0 Å². The van der Waals surface area contributed by atoms with Crippen LogP contribution in [0.4, 0.5) is 17.1 Å². The average Bonchev–Trinajstić information content (AvgIpc) is 2.74. The minimum Gasteiger partial charge on any atom is -0.397 e. The largest absolute Gasteiger partial charge is 0.397 e. The predicted molar refractivity (Wildman–Crippen MR) is 124 cm³/mol. The van der Waals surface area contributed by atoms with Crippen LogP contribution in [0.25, 0.3) is 6.08 Å². The Labute approximate surface area is 193 Å². The number of nitrogens with two attached hydrogens (primary N) is 1. The van der Waals surface area contributed by atoms with Gasteiger partial charge in [0, 0.05) is 23.2 Å². The molecule has 0 atom stereocenters. The van der Waals surface area contributed by atoms with Crippen LogP contribution in [0.2, 0.25) is 10.0 Å². The summed E-state index contributed by atoms with van der Waals surface area (Å²) >= 11 is 11.9. The van der Waals surface area contributed by atoms with Gasteiger partial charge in [0.2, 0.25) is 0 Å². The van der Waals surface area contributed by atoms with Crippen LogP contribution < -0.4 is 10.0 Å². The van der Waals surface area contributed by atoms with Crippen molar-refractivity contribution in [1.82, 2.24) is 0 Å². The highest BCUT2D eigenvalue weighted by Crippen LogP contribution is 2.29. The minimum atomic E-state index is -4.41. The van der Waals surface area contributed by atoms with E-state index in [1.54, 1.807) is 0 Å².